The van der Waals surface area contributed by atoms with Crippen molar-refractivity contribution in [3.63, 3.8) is 0 Å². The fraction of sp³-hybridized carbons (Fsp3) is 0.533. The first kappa shape index (κ1) is 14.3. The minimum atomic E-state index is -1.33. The zero-order valence-electron chi connectivity index (χ0n) is 11.6. The molecular formula is C15H18F2N2O2. The van der Waals surface area contributed by atoms with Gasteiger partial charge < -0.3 is 10.4 Å². The molecule has 2 atom stereocenters. The number of anilines is 1. The Bertz CT molecular complexity index is 542. The Labute approximate surface area is 121 Å². The van der Waals surface area contributed by atoms with Crippen LogP contribution in [0, 0.1) is 11.6 Å². The molecule has 114 valence electrons. The molecule has 21 heavy (non-hydrogen) atoms. The van der Waals surface area contributed by atoms with E-state index >= 15 is 0 Å². The maximum atomic E-state index is 14.0. The van der Waals surface area contributed by atoms with Crippen LogP contribution in [0.2, 0.25) is 0 Å². The predicted molar refractivity (Wildman–Crippen MR) is 74.6 cm³/mol. The maximum Gasteiger partial charge on any atom is 0.335 e. The standard InChI is InChI=1S/C15H18F2N2O2/c16-10-7-9(15(20)21)8-11(17)14(10)18-12-4-6-19-5-2-1-3-13(12)19/h7-8,12-13,18H,1-6H2,(H,20,21). The first-order valence-electron chi connectivity index (χ1n) is 7.29. The molecule has 2 saturated heterocycles. The molecule has 0 saturated carbocycles. The van der Waals surface area contributed by atoms with E-state index in [0.717, 1.165) is 44.5 Å². The van der Waals surface area contributed by atoms with E-state index in [2.05, 4.69) is 10.2 Å². The summed E-state index contributed by atoms with van der Waals surface area (Å²) in [6.07, 6.45) is 4.21. The number of fused-ring (bicyclic) bond motifs is 1. The summed E-state index contributed by atoms with van der Waals surface area (Å²) in [7, 11) is 0. The summed E-state index contributed by atoms with van der Waals surface area (Å²) < 4.78 is 27.9. The van der Waals surface area contributed by atoms with Gasteiger partial charge in [0.25, 0.3) is 0 Å². The Kier molecular flexibility index (Phi) is 3.80. The molecule has 6 heteroatoms. The van der Waals surface area contributed by atoms with Crippen LogP contribution in [0.15, 0.2) is 12.1 Å². The summed E-state index contributed by atoms with van der Waals surface area (Å²) in [5, 5.41) is 11.8. The molecule has 2 aliphatic rings. The molecule has 2 unspecified atom stereocenters. The van der Waals surface area contributed by atoms with E-state index < -0.39 is 17.6 Å². The van der Waals surface area contributed by atoms with Crippen molar-refractivity contribution >= 4 is 11.7 Å². The summed E-state index contributed by atoms with van der Waals surface area (Å²) in [5.74, 6) is -3.03. The number of piperidine rings is 1. The fourth-order valence-corrected chi connectivity index (χ4v) is 3.44. The first-order valence-corrected chi connectivity index (χ1v) is 7.29. The molecular weight excluding hydrogens is 278 g/mol. The number of carbonyl (C=O) groups is 1. The van der Waals surface area contributed by atoms with Gasteiger partial charge in [0.2, 0.25) is 0 Å². The summed E-state index contributed by atoms with van der Waals surface area (Å²) >= 11 is 0. The highest BCUT2D eigenvalue weighted by Crippen LogP contribution is 2.31. The predicted octanol–water partition coefficient (Wildman–Crippen LogP) is 2.70. The van der Waals surface area contributed by atoms with Gasteiger partial charge in [-0.25, -0.2) is 13.6 Å². The van der Waals surface area contributed by atoms with E-state index in [1.165, 1.54) is 6.42 Å². The molecule has 0 spiro atoms. The van der Waals surface area contributed by atoms with Crippen LogP contribution < -0.4 is 5.32 Å². The van der Waals surface area contributed by atoms with E-state index in [9.17, 15) is 13.6 Å². The number of carboxylic acids is 1. The van der Waals surface area contributed by atoms with Crippen LogP contribution in [0.4, 0.5) is 14.5 Å². The smallest absolute Gasteiger partial charge is 0.335 e. The van der Waals surface area contributed by atoms with Crippen molar-refractivity contribution < 1.29 is 18.7 Å². The van der Waals surface area contributed by atoms with Gasteiger partial charge in [-0.3, -0.25) is 4.90 Å². The molecule has 0 aromatic heterocycles. The Balaban J connectivity index is 1.80. The van der Waals surface area contributed by atoms with Crippen LogP contribution in [-0.4, -0.2) is 41.1 Å². The van der Waals surface area contributed by atoms with Gasteiger partial charge in [0.1, 0.15) is 17.3 Å². The van der Waals surface area contributed by atoms with Crippen LogP contribution >= 0.6 is 0 Å². The number of benzene rings is 1. The normalized spacial score (nSPS) is 25.6. The van der Waals surface area contributed by atoms with Gasteiger partial charge >= 0.3 is 5.97 Å². The van der Waals surface area contributed by atoms with Crippen molar-refractivity contribution in [3.8, 4) is 0 Å². The monoisotopic (exact) mass is 296 g/mol. The van der Waals surface area contributed by atoms with Gasteiger partial charge in [0.05, 0.1) is 5.56 Å². The Hall–Kier alpha value is -1.69. The lowest BCUT2D eigenvalue weighted by molar-refractivity contribution is 0.0696. The quantitative estimate of drug-likeness (QED) is 0.900. The van der Waals surface area contributed by atoms with Crippen LogP contribution in [0.1, 0.15) is 36.0 Å². The minimum Gasteiger partial charge on any atom is -0.478 e. The van der Waals surface area contributed by atoms with Gasteiger partial charge in [-0.2, -0.15) is 0 Å². The number of halogens is 2. The van der Waals surface area contributed by atoms with Gasteiger partial charge in [0.15, 0.2) is 0 Å². The Morgan fingerprint density at radius 3 is 2.57 bits per heavy atom. The number of nitrogens with zero attached hydrogens (tertiary/aromatic N) is 1. The zero-order valence-corrected chi connectivity index (χ0v) is 11.6. The molecule has 0 bridgehead atoms. The van der Waals surface area contributed by atoms with Gasteiger partial charge in [-0.1, -0.05) is 6.42 Å². The van der Waals surface area contributed by atoms with Crippen molar-refractivity contribution in [1.29, 1.82) is 0 Å². The molecule has 2 aliphatic heterocycles. The van der Waals surface area contributed by atoms with Gasteiger partial charge in [-0.05, 0) is 37.9 Å². The van der Waals surface area contributed by atoms with Crippen molar-refractivity contribution in [2.75, 3.05) is 18.4 Å². The average molecular weight is 296 g/mol. The summed E-state index contributed by atoms with van der Waals surface area (Å²) in [5.41, 5.74) is -0.585. The molecule has 0 amide bonds. The van der Waals surface area contributed by atoms with E-state index in [-0.39, 0.29) is 17.3 Å². The molecule has 2 fully saturated rings. The van der Waals surface area contributed by atoms with E-state index in [4.69, 9.17) is 5.11 Å². The third-order valence-corrected chi connectivity index (χ3v) is 4.47. The lowest BCUT2D eigenvalue weighted by Crippen LogP contribution is -2.42. The van der Waals surface area contributed by atoms with Crippen molar-refractivity contribution in [1.82, 2.24) is 4.90 Å². The average Bonchev–Trinajstić information content (AvgIpc) is 2.86. The fourth-order valence-electron chi connectivity index (χ4n) is 3.44. The third-order valence-electron chi connectivity index (χ3n) is 4.47. The SMILES string of the molecule is O=C(O)c1cc(F)c(NC2CCN3CCCCC23)c(F)c1. The van der Waals surface area contributed by atoms with Crippen LogP contribution in [0.5, 0.6) is 0 Å². The number of rotatable bonds is 3. The summed E-state index contributed by atoms with van der Waals surface area (Å²) in [6, 6.07) is 2.06. The number of hydrogen-bond donors (Lipinski definition) is 2. The lowest BCUT2D eigenvalue weighted by atomic mass is 9.98. The molecule has 1 aromatic carbocycles. The van der Waals surface area contributed by atoms with Gasteiger partial charge in [-0.15, -0.1) is 0 Å². The van der Waals surface area contributed by atoms with E-state index in [1.54, 1.807) is 0 Å². The number of nitrogens with one attached hydrogen (secondary N) is 1. The highest BCUT2D eigenvalue weighted by atomic mass is 19.1. The van der Waals surface area contributed by atoms with Crippen LogP contribution in [-0.2, 0) is 0 Å². The van der Waals surface area contributed by atoms with Crippen molar-refractivity contribution in [2.24, 2.45) is 0 Å². The topological polar surface area (TPSA) is 52.6 Å². The number of carboxylic acid groups (broad SMARTS) is 1. The molecule has 1 aromatic rings. The van der Waals surface area contributed by atoms with Crippen molar-refractivity contribution in [3.05, 3.63) is 29.3 Å². The molecule has 4 nitrogen and oxygen atoms in total. The minimum absolute atomic E-state index is 0.0185. The number of hydrogen-bond acceptors (Lipinski definition) is 3. The van der Waals surface area contributed by atoms with Gasteiger partial charge in [0, 0.05) is 18.6 Å². The zero-order chi connectivity index (χ0) is 15.0. The van der Waals surface area contributed by atoms with E-state index in [1.807, 2.05) is 0 Å². The van der Waals surface area contributed by atoms with Crippen LogP contribution in [0.25, 0.3) is 0 Å². The highest BCUT2D eigenvalue weighted by Gasteiger charge is 2.36. The Morgan fingerprint density at radius 1 is 1.19 bits per heavy atom. The summed E-state index contributed by atoms with van der Waals surface area (Å²) in [6.45, 7) is 1.99. The largest absolute Gasteiger partial charge is 0.478 e. The lowest BCUT2D eigenvalue weighted by Gasteiger charge is -2.33. The summed E-state index contributed by atoms with van der Waals surface area (Å²) in [4.78, 5) is 13.2. The second-order valence-corrected chi connectivity index (χ2v) is 5.76. The molecule has 0 aliphatic carbocycles. The van der Waals surface area contributed by atoms with Crippen LogP contribution in [0.3, 0.4) is 0 Å². The maximum absolute atomic E-state index is 14.0. The Morgan fingerprint density at radius 2 is 1.90 bits per heavy atom. The third kappa shape index (κ3) is 2.72. The first-order chi connectivity index (χ1) is 10.1. The molecule has 2 heterocycles. The van der Waals surface area contributed by atoms with E-state index in [0.29, 0.717) is 6.04 Å². The molecule has 0 radical (unpaired) electrons. The highest BCUT2D eigenvalue weighted by molar-refractivity contribution is 5.88. The molecule has 3 rings (SSSR count). The second kappa shape index (κ2) is 5.60. The molecule has 2 N–H and O–H groups in total. The second-order valence-electron chi connectivity index (χ2n) is 5.76. The van der Waals surface area contributed by atoms with Crippen molar-refractivity contribution in [2.45, 2.75) is 37.8 Å². The number of aromatic carboxylic acids is 1.